The van der Waals surface area contributed by atoms with Crippen LogP contribution in [0.2, 0.25) is 0 Å². The van der Waals surface area contributed by atoms with Crippen molar-refractivity contribution in [1.82, 2.24) is 9.80 Å². The standard InChI is InChI=1S/C15H26N2O3/c1-13(2,3)10-16(7)11(18)15(8-9-15)17(10)12(19)20-14(4,5)6/h10H,8-9H2,1-7H3/t10-/m0/s1/i8D2/t10-,15?. The second-order valence-corrected chi connectivity index (χ2v) is 7.72. The van der Waals surface area contributed by atoms with E-state index in [1.807, 2.05) is 20.8 Å². The Morgan fingerprint density at radius 2 is 1.85 bits per heavy atom. The Morgan fingerprint density at radius 3 is 2.20 bits per heavy atom. The van der Waals surface area contributed by atoms with Crippen molar-refractivity contribution in [3.63, 3.8) is 0 Å². The van der Waals surface area contributed by atoms with Crippen LogP contribution in [0.25, 0.3) is 0 Å². The van der Waals surface area contributed by atoms with Gasteiger partial charge in [0.25, 0.3) is 0 Å². The summed E-state index contributed by atoms with van der Waals surface area (Å²) in [6.45, 7) is 11.0. The van der Waals surface area contributed by atoms with Crippen molar-refractivity contribution in [2.24, 2.45) is 5.41 Å². The van der Waals surface area contributed by atoms with E-state index in [1.54, 1.807) is 27.8 Å². The summed E-state index contributed by atoms with van der Waals surface area (Å²) in [5.74, 6) is -0.344. The summed E-state index contributed by atoms with van der Waals surface area (Å²) in [6, 6.07) is 0. The summed E-state index contributed by atoms with van der Waals surface area (Å²) in [5.41, 5.74) is -2.53. The highest BCUT2D eigenvalue weighted by atomic mass is 16.6. The van der Waals surface area contributed by atoms with E-state index in [0.717, 1.165) is 0 Å². The molecule has 2 fully saturated rings. The first-order valence-electron chi connectivity index (χ1n) is 7.95. The van der Waals surface area contributed by atoms with Crippen molar-refractivity contribution < 1.29 is 17.1 Å². The molecule has 20 heavy (non-hydrogen) atoms. The molecule has 1 saturated heterocycles. The lowest BCUT2D eigenvalue weighted by Crippen LogP contribution is -2.52. The van der Waals surface area contributed by atoms with Gasteiger partial charge in [0.1, 0.15) is 17.3 Å². The molecular weight excluding hydrogens is 256 g/mol. The highest BCUT2D eigenvalue weighted by Crippen LogP contribution is 2.52. The molecule has 2 amide bonds. The highest BCUT2D eigenvalue weighted by Gasteiger charge is 2.68. The average Bonchev–Trinajstić information content (AvgIpc) is 2.75. The number of carbonyl (C=O) groups excluding carboxylic acids is 2. The Balaban J connectivity index is 2.48. The topological polar surface area (TPSA) is 49.9 Å². The minimum absolute atomic E-state index is 0.0228. The number of likely N-dealkylation sites (N-methyl/N-ethyl adjacent to an activating group) is 1. The molecule has 114 valence electrons. The van der Waals surface area contributed by atoms with Crippen molar-refractivity contribution in [3.8, 4) is 0 Å². The first kappa shape index (κ1) is 12.5. The van der Waals surface area contributed by atoms with Gasteiger partial charge in [-0.05, 0) is 33.6 Å². The van der Waals surface area contributed by atoms with Crippen LogP contribution in [0.15, 0.2) is 0 Å². The number of hydrogen-bond donors (Lipinski definition) is 0. The fraction of sp³-hybridized carbons (Fsp3) is 0.867. The van der Waals surface area contributed by atoms with Crippen molar-refractivity contribution in [2.45, 2.75) is 71.6 Å². The first-order valence-corrected chi connectivity index (χ1v) is 6.95. The van der Waals surface area contributed by atoms with Crippen molar-refractivity contribution in [3.05, 3.63) is 0 Å². The number of amides is 2. The van der Waals surface area contributed by atoms with Crippen LogP contribution in [-0.4, -0.2) is 46.2 Å². The zero-order valence-corrected chi connectivity index (χ0v) is 13.4. The van der Waals surface area contributed by atoms with Crippen molar-refractivity contribution in [2.75, 3.05) is 7.05 Å². The smallest absolute Gasteiger partial charge is 0.412 e. The van der Waals surface area contributed by atoms with Crippen LogP contribution < -0.4 is 0 Å². The molecule has 2 rings (SSSR count). The highest BCUT2D eigenvalue weighted by molar-refractivity contribution is 5.96. The van der Waals surface area contributed by atoms with E-state index in [9.17, 15) is 9.59 Å². The molecule has 1 saturated carbocycles. The number of hydrogen-bond acceptors (Lipinski definition) is 3. The molecule has 1 spiro atoms. The molecule has 1 aliphatic heterocycles. The van der Waals surface area contributed by atoms with E-state index >= 15 is 0 Å². The second kappa shape index (κ2) is 4.12. The van der Waals surface area contributed by atoms with Crippen LogP contribution >= 0.6 is 0 Å². The molecule has 0 aromatic heterocycles. The molecule has 5 heteroatoms. The normalized spacial score (nSPS) is 34.1. The van der Waals surface area contributed by atoms with Crippen molar-refractivity contribution in [1.29, 1.82) is 0 Å². The Labute approximate surface area is 124 Å². The third-order valence-corrected chi connectivity index (χ3v) is 3.57. The lowest BCUT2D eigenvalue weighted by atomic mass is 9.91. The van der Waals surface area contributed by atoms with E-state index in [1.165, 1.54) is 9.80 Å². The zero-order chi connectivity index (χ0) is 17.3. The van der Waals surface area contributed by atoms with Gasteiger partial charge in [-0.25, -0.2) is 4.79 Å². The van der Waals surface area contributed by atoms with Crippen LogP contribution in [0.1, 0.15) is 57.1 Å². The maximum atomic E-state index is 12.7. The van der Waals surface area contributed by atoms with E-state index in [4.69, 9.17) is 7.48 Å². The molecule has 0 bridgehead atoms. The van der Waals surface area contributed by atoms with Gasteiger partial charge < -0.3 is 9.64 Å². The van der Waals surface area contributed by atoms with Gasteiger partial charge in [-0.2, -0.15) is 0 Å². The number of ether oxygens (including phenoxy) is 1. The lowest BCUT2D eigenvalue weighted by Gasteiger charge is -2.39. The van der Waals surface area contributed by atoms with E-state index in [0.29, 0.717) is 0 Å². The van der Waals surface area contributed by atoms with Crippen LogP contribution in [0, 0.1) is 5.41 Å². The van der Waals surface area contributed by atoms with Gasteiger partial charge in [-0.15, -0.1) is 0 Å². The largest absolute Gasteiger partial charge is 0.444 e. The SMILES string of the molecule is [2H]C1([2H])CC12C(=O)N(C)[C@H](C(C)(C)C)N2C(=O)OC(C)(C)C. The average molecular weight is 284 g/mol. The number of rotatable bonds is 0. The van der Waals surface area contributed by atoms with Gasteiger partial charge in [0.05, 0.1) is 0 Å². The summed E-state index contributed by atoms with van der Waals surface area (Å²) in [4.78, 5) is 28.2. The summed E-state index contributed by atoms with van der Waals surface area (Å²) in [6.07, 6.45) is -2.86. The molecule has 0 N–H and O–H groups in total. The predicted molar refractivity (Wildman–Crippen MR) is 76.1 cm³/mol. The molecule has 0 radical (unpaired) electrons. The number of nitrogens with zero attached hydrogens (tertiary/aromatic N) is 2. The van der Waals surface area contributed by atoms with Crippen molar-refractivity contribution >= 4 is 12.0 Å². The molecule has 0 aromatic carbocycles. The zero-order valence-electron chi connectivity index (χ0n) is 15.4. The van der Waals surface area contributed by atoms with Gasteiger partial charge in [0, 0.05) is 15.2 Å². The maximum Gasteiger partial charge on any atom is 0.412 e. The van der Waals surface area contributed by atoms with Crippen LogP contribution in [0.3, 0.4) is 0 Å². The van der Waals surface area contributed by atoms with Gasteiger partial charge in [-0.1, -0.05) is 20.8 Å². The van der Waals surface area contributed by atoms with Gasteiger partial charge in [-0.3, -0.25) is 9.69 Å². The third-order valence-electron chi connectivity index (χ3n) is 3.57. The monoisotopic (exact) mass is 284 g/mol. The lowest BCUT2D eigenvalue weighted by molar-refractivity contribution is -0.130. The molecule has 1 unspecified atom stereocenters. The van der Waals surface area contributed by atoms with Crippen LogP contribution in [0.4, 0.5) is 4.79 Å². The molecule has 0 aromatic rings. The molecule has 1 aliphatic carbocycles. The van der Waals surface area contributed by atoms with E-state index < -0.39 is 35.2 Å². The summed E-state index contributed by atoms with van der Waals surface area (Å²) in [5, 5.41) is 0. The molecule has 5 nitrogen and oxygen atoms in total. The third kappa shape index (κ3) is 2.27. The first-order chi connectivity index (χ1) is 9.65. The van der Waals surface area contributed by atoms with Gasteiger partial charge in [0.2, 0.25) is 5.91 Å². The fourth-order valence-electron chi connectivity index (χ4n) is 2.83. The van der Waals surface area contributed by atoms with E-state index in [2.05, 4.69) is 0 Å². The van der Waals surface area contributed by atoms with Gasteiger partial charge in [0.15, 0.2) is 0 Å². The molecule has 1 heterocycles. The maximum absolute atomic E-state index is 12.7. The Kier molecular flexibility index (Phi) is 2.57. The Morgan fingerprint density at radius 1 is 1.35 bits per heavy atom. The minimum atomic E-state index is -1.71. The Hall–Kier alpha value is -1.26. The Bertz CT molecular complexity index is 522. The predicted octanol–water partition coefficient (Wildman–Crippen LogP) is 2.60. The molecule has 2 atom stereocenters. The summed E-state index contributed by atoms with van der Waals surface area (Å²) >= 11 is 0. The quantitative estimate of drug-likeness (QED) is 0.687. The van der Waals surface area contributed by atoms with Crippen LogP contribution in [0.5, 0.6) is 0 Å². The molecule has 2 aliphatic rings. The van der Waals surface area contributed by atoms with Gasteiger partial charge >= 0.3 is 6.09 Å². The summed E-state index contributed by atoms with van der Waals surface area (Å²) in [7, 11) is 1.62. The van der Waals surface area contributed by atoms with E-state index in [-0.39, 0.29) is 12.3 Å². The van der Waals surface area contributed by atoms with Crippen LogP contribution in [-0.2, 0) is 9.53 Å². The second-order valence-electron chi connectivity index (χ2n) is 7.72. The summed E-state index contributed by atoms with van der Waals surface area (Å²) < 4.78 is 21.5. The fourth-order valence-corrected chi connectivity index (χ4v) is 2.83. The molecular formula is C15H26N2O3. The number of carbonyl (C=O) groups is 2. The minimum Gasteiger partial charge on any atom is -0.444 e.